The molecule has 0 aliphatic rings. The zero-order valence-corrected chi connectivity index (χ0v) is 11.8. The van der Waals surface area contributed by atoms with Crippen molar-refractivity contribution in [3.05, 3.63) is 29.8 Å². The number of rotatable bonds is 6. The number of benzene rings is 1. The van der Waals surface area contributed by atoms with Gasteiger partial charge in [0.2, 0.25) is 0 Å². The number of hydrogen-bond donors (Lipinski definition) is 2. The van der Waals surface area contributed by atoms with Gasteiger partial charge in [0.25, 0.3) is 5.91 Å². The minimum Gasteiger partial charge on any atom is -0.484 e. The van der Waals surface area contributed by atoms with Crippen LogP contribution in [0.4, 0.5) is 13.2 Å². The molecule has 0 radical (unpaired) electrons. The van der Waals surface area contributed by atoms with E-state index in [4.69, 9.17) is 9.84 Å². The zero-order chi connectivity index (χ0) is 16.0. The summed E-state index contributed by atoms with van der Waals surface area (Å²) in [5.41, 5.74) is 1.11. The summed E-state index contributed by atoms with van der Waals surface area (Å²) in [7, 11) is 0. The van der Waals surface area contributed by atoms with Gasteiger partial charge in [0, 0.05) is 0 Å². The smallest absolute Gasteiger partial charge is 0.416 e. The first kappa shape index (κ1) is 17.3. The van der Waals surface area contributed by atoms with Gasteiger partial charge >= 0.3 is 6.18 Å². The van der Waals surface area contributed by atoms with Crippen molar-refractivity contribution < 1.29 is 27.8 Å². The Morgan fingerprint density at radius 1 is 1.29 bits per heavy atom. The summed E-state index contributed by atoms with van der Waals surface area (Å²) in [6.07, 6.45) is -7.33. The third kappa shape index (κ3) is 6.03. The number of nitrogens with one attached hydrogen (secondary N) is 1. The lowest BCUT2D eigenvalue weighted by Crippen LogP contribution is -2.42. The molecule has 0 saturated heterocycles. The van der Waals surface area contributed by atoms with E-state index in [2.05, 4.69) is 0 Å². The third-order valence-corrected chi connectivity index (χ3v) is 2.79. The Morgan fingerprint density at radius 3 is 2.33 bits per heavy atom. The van der Waals surface area contributed by atoms with Crippen LogP contribution in [-0.4, -0.2) is 36.4 Å². The molecule has 1 atom stereocenters. The number of carbonyl (C=O) groups excluding carboxylic acids is 1. The molecule has 1 unspecified atom stereocenters. The van der Waals surface area contributed by atoms with Crippen molar-refractivity contribution in [3.8, 4) is 5.75 Å². The van der Waals surface area contributed by atoms with Crippen molar-refractivity contribution >= 4 is 5.91 Å². The first-order valence-electron chi connectivity index (χ1n) is 6.44. The highest BCUT2D eigenvalue weighted by molar-refractivity contribution is 5.77. The van der Waals surface area contributed by atoms with Gasteiger partial charge in [-0.1, -0.05) is 26.0 Å². The Bertz CT molecular complexity index is 458. The zero-order valence-electron chi connectivity index (χ0n) is 11.8. The van der Waals surface area contributed by atoms with Gasteiger partial charge in [-0.3, -0.25) is 4.79 Å². The molecular weight excluding hydrogens is 287 g/mol. The van der Waals surface area contributed by atoms with Crippen LogP contribution >= 0.6 is 0 Å². The minimum atomic E-state index is -4.75. The van der Waals surface area contributed by atoms with Crippen molar-refractivity contribution in [1.82, 2.24) is 5.32 Å². The van der Waals surface area contributed by atoms with E-state index in [0.717, 1.165) is 5.56 Å². The SMILES string of the molecule is CC(C)c1ccc(OCC(=O)NCC(O)C(F)(F)F)cc1. The van der Waals surface area contributed by atoms with Crippen LogP contribution in [0, 0.1) is 0 Å². The standard InChI is InChI=1S/C14H18F3NO3/c1-9(2)10-3-5-11(6-4-10)21-8-13(20)18-7-12(19)14(15,16)17/h3-6,9,12,19H,7-8H2,1-2H3,(H,18,20). The molecule has 118 valence electrons. The van der Waals surface area contributed by atoms with Crippen molar-refractivity contribution in [2.75, 3.05) is 13.2 Å². The van der Waals surface area contributed by atoms with E-state index in [9.17, 15) is 18.0 Å². The van der Waals surface area contributed by atoms with Crippen molar-refractivity contribution in [2.24, 2.45) is 0 Å². The molecule has 0 spiro atoms. The first-order valence-corrected chi connectivity index (χ1v) is 6.44. The van der Waals surface area contributed by atoms with Gasteiger partial charge in [-0.15, -0.1) is 0 Å². The van der Waals surface area contributed by atoms with Gasteiger partial charge in [-0.2, -0.15) is 13.2 Å². The Hall–Kier alpha value is -1.76. The number of amides is 1. The average molecular weight is 305 g/mol. The highest BCUT2D eigenvalue weighted by Crippen LogP contribution is 2.19. The molecule has 0 heterocycles. The summed E-state index contributed by atoms with van der Waals surface area (Å²) in [4.78, 5) is 11.3. The normalized spacial score (nSPS) is 13.1. The minimum absolute atomic E-state index is 0.367. The Balaban J connectivity index is 2.36. The van der Waals surface area contributed by atoms with Gasteiger partial charge in [0.1, 0.15) is 5.75 Å². The maximum Gasteiger partial charge on any atom is 0.416 e. The number of aliphatic hydroxyl groups is 1. The number of halogens is 3. The second-order valence-electron chi connectivity index (χ2n) is 4.87. The maximum absolute atomic E-state index is 12.0. The van der Waals surface area contributed by atoms with Crippen LogP contribution in [0.25, 0.3) is 0 Å². The van der Waals surface area contributed by atoms with Crippen molar-refractivity contribution in [3.63, 3.8) is 0 Å². The first-order chi connectivity index (χ1) is 9.70. The summed E-state index contributed by atoms with van der Waals surface area (Å²) in [6, 6.07) is 7.08. The highest BCUT2D eigenvalue weighted by Gasteiger charge is 2.38. The van der Waals surface area contributed by atoms with E-state index in [1.807, 2.05) is 31.3 Å². The van der Waals surface area contributed by atoms with Crippen LogP contribution in [0.2, 0.25) is 0 Å². The van der Waals surface area contributed by atoms with Crippen LogP contribution in [0.1, 0.15) is 25.3 Å². The predicted molar refractivity (Wildman–Crippen MR) is 71.1 cm³/mol. The molecule has 1 aromatic carbocycles. The fourth-order valence-corrected chi connectivity index (χ4v) is 1.48. The molecule has 0 bridgehead atoms. The largest absolute Gasteiger partial charge is 0.484 e. The Morgan fingerprint density at radius 2 is 1.86 bits per heavy atom. The summed E-state index contributed by atoms with van der Waals surface area (Å²) in [6.45, 7) is 2.77. The molecule has 1 aromatic rings. The van der Waals surface area contributed by atoms with Gasteiger partial charge in [-0.25, -0.2) is 0 Å². The van der Waals surface area contributed by atoms with E-state index in [-0.39, 0.29) is 0 Å². The van der Waals surface area contributed by atoms with Gasteiger partial charge in [0.15, 0.2) is 12.7 Å². The number of aliphatic hydroxyl groups excluding tert-OH is 1. The van der Waals surface area contributed by atoms with Crippen LogP contribution in [0.3, 0.4) is 0 Å². The summed E-state index contributed by atoms with van der Waals surface area (Å²) in [5.74, 6) is 0.0864. The fourth-order valence-electron chi connectivity index (χ4n) is 1.48. The average Bonchev–Trinajstić information content (AvgIpc) is 2.41. The molecule has 7 heteroatoms. The van der Waals surface area contributed by atoms with Crippen LogP contribution in [0.5, 0.6) is 5.75 Å². The number of ether oxygens (including phenoxy) is 1. The quantitative estimate of drug-likeness (QED) is 0.847. The lowest BCUT2D eigenvalue weighted by atomic mass is 10.0. The van der Waals surface area contributed by atoms with E-state index < -0.39 is 31.3 Å². The number of carbonyl (C=O) groups is 1. The van der Waals surface area contributed by atoms with E-state index >= 15 is 0 Å². The molecular formula is C14H18F3NO3. The summed E-state index contributed by atoms with van der Waals surface area (Å²) >= 11 is 0. The molecule has 0 aliphatic heterocycles. The molecule has 0 aromatic heterocycles. The summed E-state index contributed by atoms with van der Waals surface area (Å²) in [5, 5.41) is 10.7. The molecule has 21 heavy (non-hydrogen) atoms. The van der Waals surface area contributed by atoms with Crippen molar-refractivity contribution in [1.29, 1.82) is 0 Å². The molecule has 1 rings (SSSR count). The molecule has 0 aliphatic carbocycles. The monoisotopic (exact) mass is 305 g/mol. The van der Waals surface area contributed by atoms with Gasteiger partial charge in [0.05, 0.1) is 6.54 Å². The lowest BCUT2D eigenvalue weighted by molar-refractivity contribution is -0.201. The second kappa shape index (κ2) is 7.31. The molecule has 0 fully saturated rings. The topological polar surface area (TPSA) is 58.6 Å². The Kier molecular flexibility index (Phi) is 6.02. The van der Waals surface area contributed by atoms with Crippen molar-refractivity contribution in [2.45, 2.75) is 32.0 Å². The number of alkyl halides is 3. The van der Waals surface area contributed by atoms with Gasteiger partial charge in [-0.05, 0) is 23.6 Å². The van der Waals surface area contributed by atoms with Gasteiger partial charge < -0.3 is 15.2 Å². The van der Waals surface area contributed by atoms with Crippen LogP contribution in [-0.2, 0) is 4.79 Å². The second-order valence-corrected chi connectivity index (χ2v) is 4.87. The van der Waals surface area contributed by atoms with Crippen LogP contribution < -0.4 is 10.1 Å². The highest BCUT2D eigenvalue weighted by atomic mass is 19.4. The molecule has 4 nitrogen and oxygen atoms in total. The maximum atomic E-state index is 12.0. The third-order valence-electron chi connectivity index (χ3n) is 2.79. The lowest BCUT2D eigenvalue weighted by Gasteiger charge is -2.15. The fraction of sp³-hybridized carbons (Fsp3) is 0.500. The van der Waals surface area contributed by atoms with E-state index in [1.165, 1.54) is 0 Å². The van der Waals surface area contributed by atoms with E-state index in [0.29, 0.717) is 11.7 Å². The summed E-state index contributed by atoms with van der Waals surface area (Å²) < 4.78 is 41.2. The molecule has 2 N–H and O–H groups in total. The molecule has 0 saturated carbocycles. The number of hydrogen-bond acceptors (Lipinski definition) is 3. The predicted octanol–water partition coefficient (Wildman–Crippen LogP) is 2.23. The molecule has 1 amide bonds. The van der Waals surface area contributed by atoms with E-state index in [1.54, 1.807) is 12.1 Å². The Labute approximate surface area is 120 Å². The van der Waals surface area contributed by atoms with Crippen LogP contribution in [0.15, 0.2) is 24.3 Å².